The lowest BCUT2D eigenvalue weighted by atomic mass is 9.96. The number of rotatable bonds is 8. The van der Waals surface area contributed by atoms with Crippen LogP contribution in [-0.2, 0) is 0 Å². The van der Waals surface area contributed by atoms with Gasteiger partial charge in [0, 0.05) is 84.7 Å². The summed E-state index contributed by atoms with van der Waals surface area (Å²) in [4.78, 5) is 4.87. The van der Waals surface area contributed by atoms with Crippen molar-refractivity contribution in [2.45, 2.75) is 0 Å². The molecule has 0 aliphatic heterocycles. The lowest BCUT2D eigenvalue weighted by Gasteiger charge is -2.28. The standard InChI is InChI=1S/C68H42N2OS2/c1-3-18-43(19-4-1)48-22-9-13-29-59(48)69(46-36-39-64-58(41-46)52-26-12-16-33-63(52)72-64)45-34-37-55-57(40-45)50-24-7-8-27-53(50)66-56-38-35-47(42-65(56)73-68(55)66)70(60-30-14-10-23-49(60)44-20-5-2-6-21-44)61-31-17-28-54-51-25-11-15-32-62(51)71-67(54)61/h1-42H. The Morgan fingerprint density at radius 3 is 1.58 bits per heavy atom. The highest BCUT2D eigenvalue weighted by Crippen LogP contribution is 2.51. The molecule has 12 aromatic carbocycles. The van der Waals surface area contributed by atoms with E-state index in [-0.39, 0.29) is 0 Å². The third-order valence-corrected chi connectivity index (χ3v) is 17.0. The van der Waals surface area contributed by atoms with Crippen molar-refractivity contribution in [3.8, 4) is 22.3 Å². The topological polar surface area (TPSA) is 19.6 Å². The van der Waals surface area contributed by atoms with Crippen LogP contribution >= 0.6 is 22.7 Å². The van der Waals surface area contributed by atoms with Gasteiger partial charge in [0.2, 0.25) is 0 Å². The van der Waals surface area contributed by atoms with Crippen LogP contribution in [0.25, 0.3) is 106 Å². The summed E-state index contributed by atoms with van der Waals surface area (Å²) in [6.45, 7) is 0. The molecule has 0 saturated heterocycles. The number of benzene rings is 12. The number of hydrogen-bond donors (Lipinski definition) is 0. The normalized spacial score (nSPS) is 11.8. The highest BCUT2D eigenvalue weighted by Gasteiger charge is 2.25. The Labute approximate surface area is 429 Å². The number of nitrogens with zero attached hydrogens (tertiary/aromatic N) is 2. The Bertz CT molecular complexity index is 4650. The minimum Gasteiger partial charge on any atom is -0.454 e. The van der Waals surface area contributed by atoms with Gasteiger partial charge in [-0.15, -0.1) is 22.7 Å². The quantitative estimate of drug-likeness (QED) is 0.142. The summed E-state index contributed by atoms with van der Waals surface area (Å²) >= 11 is 3.74. The molecule has 0 bridgehead atoms. The van der Waals surface area contributed by atoms with Crippen LogP contribution in [0.15, 0.2) is 259 Å². The first-order valence-electron chi connectivity index (χ1n) is 24.7. The van der Waals surface area contributed by atoms with E-state index in [4.69, 9.17) is 4.42 Å². The molecule has 3 aromatic heterocycles. The number of thiophene rings is 2. The van der Waals surface area contributed by atoms with E-state index >= 15 is 0 Å². The molecular weight excluding hydrogens is 925 g/mol. The molecule has 342 valence electrons. The second kappa shape index (κ2) is 16.8. The predicted octanol–water partition coefficient (Wildman–Crippen LogP) is 20.9. The second-order valence-electron chi connectivity index (χ2n) is 18.7. The molecule has 0 amide bonds. The van der Waals surface area contributed by atoms with Crippen LogP contribution < -0.4 is 9.80 Å². The highest BCUT2D eigenvalue weighted by atomic mass is 32.1. The molecule has 15 rings (SSSR count). The summed E-state index contributed by atoms with van der Waals surface area (Å²) in [5.74, 6) is 0. The second-order valence-corrected chi connectivity index (χ2v) is 20.9. The first-order valence-corrected chi connectivity index (χ1v) is 26.4. The molecule has 0 atom stereocenters. The third-order valence-electron chi connectivity index (χ3n) is 14.6. The lowest BCUT2D eigenvalue weighted by molar-refractivity contribution is 0.669. The van der Waals surface area contributed by atoms with Crippen molar-refractivity contribution >= 4 is 141 Å². The van der Waals surface area contributed by atoms with E-state index in [0.717, 1.165) is 67.2 Å². The van der Waals surface area contributed by atoms with Gasteiger partial charge >= 0.3 is 0 Å². The number of para-hydroxylation sites is 4. The van der Waals surface area contributed by atoms with E-state index in [1.165, 1.54) is 73.0 Å². The molecule has 0 saturated carbocycles. The van der Waals surface area contributed by atoms with Gasteiger partial charge in [0.15, 0.2) is 5.58 Å². The van der Waals surface area contributed by atoms with Crippen LogP contribution in [0.3, 0.4) is 0 Å². The summed E-state index contributed by atoms with van der Waals surface area (Å²) < 4.78 is 11.9. The fourth-order valence-electron chi connectivity index (χ4n) is 11.4. The van der Waals surface area contributed by atoms with Crippen molar-refractivity contribution in [1.29, 1.82) is 0 Å². The molecule has 5 heteroatoms. The van der Waals surface area contributed by atoms with Crippen molar-refractivity contribution in [3.05, 3.63) is 255 Å². The third kappa shape index (κ3) is 6.70. The van der Waals surface area contributed by atoms with E-state index in [1.807, 2.05) is 28.7 Å². The molecule has 3 nitrogen and oxygen atoms in total. The van der Waals surface area contributed by atoms with Crippen LogP contribution in [0.5, 0.6) is 0 Å². The Morgan fingerprint density at radius 1 is 0.288 bits per heavy atom. The SMILES string of the molecule is c1ccc(-c2ccccc2N(c2ccc3sc4ccccc4c3c2)c2ccc3c(c2)c2ccccc2c2c4ccc(N(c5ccccc5-c5ccccc5)c5cccc6c5oc5ccccc56)cc4sc32)cc1. The van der Waals surface area contributed by atoms with Crippen molar-refractivity contribution < 1.29 is 4.42 Å². The Balaban J connectivity index is 0.951. The maximum absolute atomic E-state index is 6.79. The maximum Gasteiger partial charge on any atom is 0.159 e. The average molecular weight is 967 g/mol. The zero-order chi connectivity index (χ0) is 48.0. The molecule has 15 aromatic rings. The maximum atomic E-state index is 6.79. The molecule has 0 aliphatic carbocycles. The van der Waals surface area contributed by atoms with E-state index < -0.39 is 0 Å². The van der Waals surface area contributed by atoms with E-state index in [0.29, 0.717) is 0 Å². The lowest BCUT2D eigenvalue weighted by Crippen LogP contribution is -2.11. The number of hydrogen-bond acceptors (Lipinski definition) is 5. The van der Waals surface area contributed by atoms with E-state index in [9.17, 15) is 0 Å². The van der Waals surface area contributed by atoms with Gasteiger partial charge in [-0.05, 0) is 100 Å². The monoisotopic (exact) mass is 966 g/mol. The van der Waals surface area contributed by atoms with Gasteiger partial charge < -0.3 is 14.2 Å². The molecule has 0 N–H and O–H groups in total. The summed E-state index contributed by atoms with van der Waals surface area (Å²) in [6, 6.07) is 92.9. The van der Waals surface area contributed by atoms with Crippen LogP contribution in [0.1, 0.15) is 0 Å². The smallest absolute Gasteiger partial charge is 0.159 e. The minimum atomic E-state index is 0.861. The summed E-state index contributed by atoms with van der Waals surface area (Å²) in [6.07, 6.45) is 0. The molecular formula is C68H42N2OS2. The molecule has 3 heterocycles. The fraction of sp³-hybridized carbons (Fsp3) is 0. The van der Waals surface area contributed by atoms with Crippen molar-refractivity contribution in [3.63, 3.8) is 0 Å². The first kappa shape index (κ1) is 41.8. The molecule has 0 aliphatic rings. The number of anilines is 6. The van der Waals surface area contributed by atoms with Crippen molar-refractivity contribution in [1.82, 2.24) is 0 Å². The van der Waals surface area contributed by atoms with Gasteiger partial charge in [0.25, 0.3) is 0 Å². The Morgan fingerprint density at radius 2 is 0.822 bits per heavy atom. The summed E-state index contributed by atoms with van der Waals surface area (Å²) in [7, 11) is 0. The van der Waals surface area contributed by atoms with Crippen molar-refractivity contribution in [2.24, 2.45) is 0 Å². The highest BCUT2D eigenvalue weighted by molar-refractivity contribution is 7.27. The van der Waals surface area contributed by atoms with Crippen molar-refractivity contribution in [2.75, 3.05) is 9.80 Å². The Kier molecular flexibility index (Phi) is 9.62. The van der Waals surface area contributed by atoms with Crippen LogP contribution in [0.2, 0.25) is 0 Å². The average Bonchev–Trinajstić information content (AvgIpc) is 4.17. The molecule has 0 spiro atoms. The zero-order valence-electron chi connectivity index (χ0n) is 39.4. The molecule has 73 heavy (non-hydrogen) atoms. The van der Waals surface area contributed by atoms with Crippen LogP contribution in [0, 0.1) is 0 Å². The zero-order valence-corrected chi connectivity index (χ0v) is 41.0. The Hall–Kier alpha value is -9.00. The van der Waals surface area contributed by atoms with Gasteiger partial charge in [0.05, 0.1) is 17.1 Å². The van der Waals surface area contributed by atoms with Gasteiger partial charge in [-0.1, -0.05) is 182 Å². The fourth-order valence-corrected chi connectivity index (χ4v) is 13.7. The predicted molar refractivity (Wildman–Crippen MR) is 315 cm³/mol. The van der Waals surface area contributed by atoms with Gasteiger partial charge in [-0.3, -0.25) is 0 Å². The molecule has 0 unspecified atom stereocenters. The van der Waals surface area contributed by atoms with E-state index in [2.05, 4.69) is 259 Å². The number of furan rings is 1. The van der Waals surface area contributed by atoms with Crippen LogP contribution in [0.4, 0.5) is 34.1 Å². The largest absolute Gasteiger partial charge is 0.454 e. The summed E-state index contributed by atoms with van der Waals surface area (Å²) in [5.41, 5.74) is 12.9. The molecule has 0 radical (unpaired) electrons. The van der Waals surface area contributed by atoms with Gasteiger partial charge in [-0.25, -0.2) is 0 Å². The van der Waals surface area contributed by atoms with E-state index in [1.54, 1.807) is 0 Å². The first-order chi connectivity index (χ1) is 36.2. The summed E-state index contributed by atoms with van der Waals surface area (Å²) in [5, 5.41) is 12.3. The number of fused-ring (bicyclic) bond motifs is 14. The van der Waals surface area contributed by atoms with Gasteiger partial charge in [-0.2, -0.15) is 0 Å². The van der Waals surface area contributed by atoms with Gasteiger partial charge in [0.1, 0.15) is 5.58 Å². The minimum absolute atomic E-state index is 0.861. The van der Waals surface area contributed by atoms with Crippen LogP contribution in [-0.4, -0.2) is 0 Å². The molecule has 0 fully saturated rings.